The fourth-order valence-corrected chi connectivity index (χ4v) is 2.01. The third-order valence-corrected chi connectivity index (χ3v) is 2.72. The van der Waals surface area contributed by atoms with Gasteiger partial charge in [-0.2, -0.15) is 13.2 Å². The monoisotopic (exact) mass is 276 g/mol. The van der Waals surface area contributed by atoms with E-state index in [-0.39, 0.29) is 13.2 Å². The Balaban J connectivity index is 2.95. The fourth-order valence-electron chi connectivity index (χ4n) is 2.01. The summed E-state index contributed by atoms with van der Waals surface area (Å²) in [7, 11) is 1.81. The number of alkyl halides is 3. The highest BCUT2D eigenvalue weighted by Crippen LogP contribution is 2.25. The van der Waals surface area contributed by atoms with Crippen molar-refractivity contribution in [2.24, 2.45) is 0 Å². The lowest BCUT2D eigenvalue weighted by molar-refractivity contribution is -0.119. The number of aryl methyl sites for hydroxylation is 1. The summed E-state index contributed by atoms with van der Waals surface area (Å²) < 4.78 is 37.5. The summed E-state index contributed by atoms with van der Waals surface area (Å²) in [6.07, 6.45) is -4.29. The number of rotatable bonds is 6. The van der Waals surface area contributed by atoms with Gasteiger partial charge in [0, 0.05) is 18.8 Å². The molecule has 108 valence electrons. The Morgan fingerprint density at radius 2 is 2.00 bits per heavy atom. The van der Waals surface area contributed by atoms with E-state index >= 15 is 0 Å². The standard InChI is InChI=1S/C13H19F3N2O/c1-10-7-11(8-17-2)3-4-12(10)18(5-6-19)9-13(14,15)16/h3-4,7,17,19H,5-6,8-9H2,1-2H3. The lowest BCUT2D eigenvalue weighted by Gasteiger charge is -2.27. The van der Waals surface area contributed by atoms with Crippen LogP contribution in [-0.4, -0.2) is 38.0 Å². The van der Waals surface area contributed by atoms with Crippen molar-refractivity contribution in [3.8, 4) is 0 Å². The zero-order valence-corrected chi connectivity index (χ0v) is 11.1. The van der Waals surface area contributed by atoms with Crippen molar-refractivity contribution in [3.63, 3.8) is 0 Å². The zero-order chi connectivity index (χ0) is 14.5. The number of halogens is 3. The molecule has 0 radical (unpaired) electrons. The second-order valence-electron chi connectivity index (χ2n) is 4.41. The summed E-state index contributed by atoms with van der Waals surface area (Å²) in [4.78, 5) is 1.15. The topological polar surface area (TPSA) is 35.5 Å². The molecule has 0 saturated carbocycles. The average molecular weight is 276 g/mol. The Morgan fingerprint density at radius 3 is 2.47 bits per heavy atom. The van der Waals surface area contributed by atoms with Crippen LogP contribution in [0.4, 0.5) is 18.9 Å². The molecule has 0 spiro atoms. The first kappa shape index (κ1) is 15.8. The summed E-state index contributed by atoms with van der Waals surface area (Å²) in [6, 6.07) is 5.32. The van der Waals surface area contributed by atoms with Gasteiger partial charge in [0.1, 0.15) is 6.54 Å². The van der Waals surface area contributed by atoms with Crippen LogP contribution in [0.1, 0.15) is 11.1 Å². The van der Waals surface area contributed by atoms with Crippen LogP contribution >= 0.6 is 0 Å². The molecule has 1 aromatic rings. The second kappa shape index (κ2) is 6.77. The van der Waals surface area contributed by atoms with E-state index in [0.29, 0.717) is 12.2 Å². The number of benzene rings is 1. The zero-order valence-electron chi connectivity index (χ0n) is 11.1. The van der Waals surface area contributed by atoms with Crippen LogP contribution in [0.2, 0.25) is 0 Å². The Kier molecular flexibility index (Phi) is 5.62. The Morgan fingerprint density at radius 1 is 1.32 bits per heavy atom. The van der Waals surface area contributed by atoms with Gasteiger partial charge in [0.25, 0.3) is 0 Å². The predicted octanol–water partition coefficient (Wildman–Crippen LogP) is 2.08. The van der Waals surface area contributed by atoms with E-state index in [1.54, 1.807) is 19.1 Å². The first-order chi connectivity index (χ1) is 8.87. The molecule has 0 bridgehead atoms. The van der Waals surface area contributed by atoms with Crippen LogP contribution in [0.25, 0.3) is 0 Å². The number of hydrogen-bond donors (Lipinski definition) is 2. The lowest BCUT2D eigenvalue weighted by atomic mass is 10.1. The summed E-state index contributed by atoms with van der Waals surface area (Å²) in [5.41, 5.74) is 2.29. The van der Waals surface area contributed by atoms with E-state index in [2.05, 4.69) is 5.32 Å². The molecule has 19 heavy (non-hydrogen) atoms. The van der Waals surface area contributed by atoms with Crippen LogP contribution in [0.5, 0.6) is 0 Å². The fraction of sp³-hybridized carbons (Fsp3) is 0.538. The largest absolute Gasteiger partial charge is 0.405 e. The van der Waals surface area contributed by atoms with Crippen molar-refractivity contribution in [1.82, 2.24) is 5.32 Å². The van der Waals surface area contributed by atoms with Gasteiger partial charge in [-0.05, 0) is 31.2 Å². The third-order valence-electron chi connectivity index (χ3n) is 2.72. The SMILES string of the molecule is CNCc1ccc(N(CCO)CC(F)(F)F)c(C)c1. The molecule has 0 aliphatic rings. The minimum atomic E-state index is -4.29. The lowest BCUT2D eigenvalue weighted by Crippen LogP contribution is -2.36. The second-order valence-corrected chi connectivity index (χ2v) is 4.41. The highest BCUT2D eigenvalue weighted by Gasteiger charge is 2.31. The van der Waals surface area contributed by atoms with E-state index < -0.39 is 12.7 Å². The van der Waals surface area contributed by atoms with Gasteiger partial charge in [-0.1, -0.05) is 12.1 Å². The van der Waals surface area contributed by atoms with Crippen molar-refractivity contribution in [3.05, 3.63) is 29.3 Å². The summed E-state index contributed by atoms with van der Waals surface area (Å²) in [5, 5.41) is 11.9. The first-order valence-corrected chi connectivity index (χ1v) is 6.04. The molecule has 1 aromatic carbocycles. The van der Waals surface area contributed by atoms with Gasteiger partial charge in [-0.25, -0.2) is 0 Å². The van der Waals surface area contributed by atoms with Gasteiger partial charge in [0.15, 0.2) is 0 Å². The normalized spacial score (nSPS) is 11.7. The van der Waals surface area contributed by atoms with Gasteiger partial charge in [-0.3, -0.25) is 0 Å². The molecule has 0 heterocycles. The maximum atomic E-state index is 12.5. The molecule has 6 heteroatoms. The molecule has 0 aliphatic carbocycles. The van der Waals surface area contributed by atoms with Crippen molar-refractivity contribution < 1.29 is 18.3 Å². The van der Waals surface area contributed by atoms with E-state index in [4.69, 9.17) is 5.11 Å². The van der Waals surface area contributed by atoms with Crippen molar-refractivity contribution >= 4 is 5.69 Å². The Bertz CT molecular complexity index is 407. The van der Waals surface area contributed by atoms with Crippen LogP contribution in [0.3, 0.4) is 0 Å². The highest BCUT2D eigenvalue weighted by molar-refractivity contribution is 5.54. The van der Waals surface area contributed by atoms with Gasteiger partial charge in [-0.15, -0.1) is 0 Å². The van der Waals surface area contributed by atoms with Crippen LogP contribution < -0.4 is 10.2 Å². The van der Waals surface area contributed by atoms with E-state index in [1.807, 2.05) is 13.1 Å². The molecule has 1 rings (SSSR count). The molecule has 0 saturated heterocycles. The first-order valence-electron chi connectivity index (χ1n) is 6.04. The Labute approximate surface area is 111 Å². The molecule has 0 aromatic heterocycles. The van der Waals surface area contributed by atoms with Crippen molar-refractivity contribution in [1.29, 1.82) is 0 Å². The minimum absolute atomic E-state index is 0.0360. The van der Waals surface area contributed by atoms with Crippen LogP contribution in [0, 0.1) is 6.92 Å². The number of aliphatic hydroxyl groups excluding tert-OH is 1. The van der Waals surface area contributed by atoms with Gasteiger partial charge < -0.3 is 15.3 Å². The third kappa shape index (κ3) is 5.08. The summed E-state index contributed by atoms with van der Waals surface area (Å²) >= 11 is 0. The molecule has 0 fully saturated rings. The molecule has 0 amide bonds. The van der Waals surface area contributed by atoms with E-state index in [1.165, 1.54) is 0 Å². The smallest absolute Gasteiger partial charge is 0.395 e. The van der Waals surface area contributed by atoms with Gasteiger partial charge in [0.2, 0.25) is 0 Å². The van der Waals surface area contributed by atoms with Crippen LogP contribution in [-0.2, 0) is 6.54 Å². The maximum absolute atomic E-state index is 12.5. The molecular weight excluding hydrogens is 257 g/mol. The Hall–Kier alpha value is -1.27. The molecular formula is C13H19F3N2O. The summed E-state index contributed by atoms with van der Waals surface area (Å²) in [6.45, 7) is 1.04. The van der Waals surface area contributed by atoms with Crippen molar-refractivity contribution in [2.45, 2.75) is 19.6 Å². The van der Waals surface area contributed by atoms with Crippen LogP contribution in [0.15, 0.2) is 18.2 Å². The van der Waals surface area contributed by atoms with Gasteiger partial charge >= 0.3 is 6.18 Å². The molecule has 0 unspecified atom stereocenters. The molecule has 0 aliphatic heterocycles. The molecule has 0 atom stereocenters. The highest BCUT2D eigenvalue weighted by atomic mass is 19.4. The number of anilines is 1. The van der Waals surface area contributed by atoms with E-state index in [9.17, 15) is 13.2 Å². The van der Waals surface area contributed by atoms with Gasteiger partial charge in [0.05, 0.1) is 6.61 Å². The molecule has 2 N–H and O–H groups in total. The number of hydrogen-bond acceptors (Lipinski definition) is 3. The number of nitrogens with zero attached hydrogens (tertiary/aromatic N) is 1. The quantitative estimate of drug-likeness (QED) is 0.835. The predicted molar refractivity (Wildman–Crippen MR) is 69.3 cm³/mol. The number of nitrogens with one attached hydrogen (secondary N) is 1. The molecule has 3 nitrogen and oxygen atoms in total. The van der Waals surface area contributed by atoms with Crippen molar-refractivity contribution in [2.75, 3.05) is 31.6 Å². The number of aliphatic hydroxyl groups is 1. The maximum Gasteiger partial charge on any atom is 0.405 e. The average Bonchev–Trinajstić information content (AvgIpc) is 2.27. The minimum Gasteiger partial charge on any atom is -0.395 e. The summed E-state index contributed by atoms with van der Waals surface area (Å²) in [5.74, 6) is 0. The van der Waals surface area contributed by atoms with E-state index in [0.717, 1.165) is 16.0 Å².